The van der Waals surface area contributed by atoms with Crippen LogP contribution in [0.25, 0.3) is 10.6 Å². The number of rotatable bonds is 4. The van der Waals surface area contributed by atoms with Crippen LogP contribution in [0.1, 0.15) is 9.67 Å². The topological polar surface area (TPSA) is 67.2 Å². The largest absolute Gasteiger partial charge is 0.316 e. The molecule has 2 rings (SSSR count). The van der Waals surface area contributed by atoms with Gasteiger partial charge in [-0.25, -0.2) is 0 Å². The number of hydroxylamine groups is 1. The van der Waals surface area contributed by atoms with E-state index in [9.17, 15) is 4.79 Å². The van der Waals surface area contributed by atoms with Crippen molar-refractivity contribution in [2.24, 2.45) is 7.05 Å². The van der Waals surface area contributed by atoms with Crippen LogP contribution in [0, 0.1) is 0 Å². The first-order chi connectivity index (χ1) is 7.70. The monoisotopic (exact) mass is 237 g/mol. The van der Waals surface area contributed by atoms with Gasteiger partial charge < -0.3 is 5.21 Å². The van der Waals surface area contributed by atoms with E-state index in [2.05, 4.69) is 5.10 Å². The molecule has 0 aliphatic heterocycles. The second kappa shape index (κ2) is 4.56. The van der Waals surface area contributed by atoms with Crippen LogP contribution in [0.15, 0.2) is 24.4 Å². The van der Waals surface area contributed by atoms with Crippen molar-refractivity contribution in [2.75, 3.05) is 6.54 Å². The zero-order valence-corrected chi connectivity index (χ0v) is 9.49. The maximum absolute atomic E-state index is 11.5. The molecule has 2 aromatic rings. The second-order valence-corrected chi connectivity index (χ2v) is 4.38. The molecule has 6 heteroatoms. The molecule has 0 radical (unpaired) electrons. The molecule has 2 aromatic heterocycles. The summed E-state index contributed by atoms with van der Waals surface area (Å²) < 4.78 is 1.71. The molecule has 16 heavy (non-hydrogen) atoms. The van der Waals surface area contributed by atoms with Crippen molar-refractivity contribution in [3.8, 4) is 10.6 Å². The summed E-state index contributed by atoms with van der Waals surface area (Å²) in [7, 11) is 1.85. The van der Waals surface area contributed by atoms with Gasteiger partial charge in [0.2, 0.25) is 0 Å². The van der Waals surface area contributed by atoms with E-state index >= 15 is 0 Å². The molecular formula is C10H11N3O2S. The first-order valence-electron chi connectivity index (χ1n) is 4.70. The Morgan fingerprint density at radius 3 is 3.00 bits per heavy atom. The molecule has 0 spiro atoms. The minimum atomic E-state index is -0.130. The quantitative estimate of drug-likeness (QED) is 0.621. The molecule has 2 N–H and O–H groups in total. The molecule has 2 heterocycles. The van der Waals surface area contributed by atoms with E-state index in [1.807, 2.05) is 30.9 Å². The predicted octanol–water partition coefficient (Wildman–Crippen LogP) is 1.31. The van der Waals surface area contributed by atoms with Crippen molar-refractivity contribution in [3.05, 3.63) is 29.3 Å². The summed E-state index contributed by atoms with van der Waals surface area (Å²) in [5, 5.41) is 12.7. The molecular weight excluding hydrogens is 226 g/mol. The zero-order valence-electron chi connectivity index (χ0n) is 8.67. The lowest BCUT2D eigenvalue weighted by molar-refractivity contribution is 0.0907. The standard InChI is InChI=1S/C10H11N3O2S/c1-13-5-4-7(12-13)9-2-3-10(16-9)8(14)6-11-15/h2-5,11,15H,6H2,1H3. The van der Waals surface area contributed by atoms with Crippen molar-refractivity contribution in [2.45, 2.75) is 0 Å². The third-order valence-electron chi connectivity index (χ3n) is 2.09. The average molecular weight is 237 g/mol. The lowest BCUT2D eigenvalue weighted by Crippen LogP contribution is -2.18. The predicted molar refractivity (Wildman–Crippen MR) is 60.6 cm³/mol. The molecule has 5 nitrogen and oxygen atoms in total. The van der Waals surface area contributed by atoms with Gasteiger partial charge in [-0.15, -0.1) is 11.3 Å². The summed E-state index contributed by atoms with van der Waals surface area (Å²) in [5.41, 5.74) is 2.71. The minimum absolute atomic E-state index is 0.0673. The first-order valence-corrected chi connectivity index (χ1v) is 5.52. The number of hydrogen-bond acceptors (Lipinski definition) is 5. The SMILES string of the molecule is Cn1ccc(-c2ccc(C(=O)CNO)s2)n1. The number of Topliss-reactive ketones (excluding diaryl/α,β-unsaturated/α-hetero) is 1. The third-order valence-corrected chi connectivity index (χ3v) is 3.24. The van der Waals surface area contributed by atoms with Gasteiger partial charge >= 0.3 is 0 Å². The smallest absolute Gasteiger partial charge is 0.188 e. The Bertz CT molecular complexity index is 504. The highest BCUT2D eigenvalue weighted by Gasteiger charge is 2.10. The number of hydrogen-bond donors (Lipinski definition) is 2. The Morgan fingerprint density at radius 1 is 1.56 bits per heavy atom. The number of ketones is 1. The number of thiophene rings is 1. The van der Waals surface area contributed by atoms with Crippen molar-refractivity contribution < 1.29 is 10.0 Å². The number of nitrogens with one attached hydrogen (secondary N) is 1. The van der Waals surface area contributed by atoms with Crippen LogP contribution in [0.4, 0.5) is 0 Å². The van der Waals surface area contributed by atoms with E-state index in [1.54, 1.807) is 10.7 Å². The van der Waals surface area contributed by atoms with Crippen LogP contribution in [-0.4, -0.2) is 27.3 Å². The summed E-state index contributed by atoms with van der Waals surface area (Å²) >= 11 is 1.37. The number of carbonyl (C=O) groups is 1. The molecule has 84 valence electrons. The van der Waals surface area contributed by atoms with Gasteiger partial charge in [-0.1, -0.05) is 0 Å². The van der Waals surface area contributed by atoms with Crippen molar-refractivity contribution in [3.63, 3.8) is 0 Å². The van der Waals surface area contributed by atoms with Crippen LogP contribution >= 0.6 is 11.3 Å². The number of aryl methyl sites for hydroxylation is 1. The van der Waals surface area contributed by atoms with Gasteiger partial charge in [-0.2, -0.15) is 10.6 Å². The Hall–Kier alpha value is -1.50. The van der Waals surface area contributed by atoms with Gasteiger partial charge in [-0.3, -0.25) is 9.48 Å². The Balaban J connectivity index is 2.22. The molecule has 0 saturated carbocycles. The van der Waals surface area contributed by atoms with Crippen molar-refractivity contribution in [1.29, 1.82) is 0 Å². The average Bonchev–Trinajstić information content (AvgIpc) is 2.85. The highest BCUT2D eigenvalue weighted by atomic mass is 32.1. The molecule has 0 amide bonds. The molecule has 0 unspecified atom stereocenters. The van der Waals surface area contributed by atoms with E-state index in [4.69, 9.17) is 5.21 Å². The fourth-order valence-corrected chi connectivity index (χ4v) is 2.24. The number of nitrogens with zero attached hydrogens (tertiary/aromatic N) is 2. The fourth-order valence-electron chi connectivity index (χ4n) is 1.33. The van der Waals surface area contributed by atoms with Crippen LogP contribution in [0.3, 0.4) is 0 Å². The molecule has 0 bridgehead atoms. The summed E-state index contributed by atoms with van der Waals surface area (Å²) in [6, 6.07) is 5.50. The lowest BCUT2D eigenvalue weighted by Gasteiger charge is -1.93. The fraction of sp³-hybridized carbons (Fsp3) is 0.200. The van der Waals surface area contributed by atoms with Crippen molar-refractivity contribution in [1.82, 2.24) is 15.3 Å². The normalized spacial score (nSPS) is 10.6. The third kappa shape index (κ3) is 2.19. The molecule has 0 saturated heterocycles. The summed E-state index contributed by atoms with van der Waals surface area (Å²) in [6.07, 6.45) is 1.85. The van der Waals surface area contributed by atoms with Gasteiger partial charge in [0.15, 0.2) is 5.78 Å². The summed E-state index contributed by atoms with van der Waals surface area (Å²) in [6.45, 7) is -0.0673. The zero-order chi connectivity index (χ0) is 11.5. The number of carbonyl (C=O) groups excluding carboxylic acids is 1. The highest BCUT2D eigenvalue weighted by Crippen LogP contribution is 2.26. The van der Waals surface area contributed by atoms with E-state index in [0.29, 0.717) is 4.88 Å². The first kappa shape index (κ1) is 11.0. The van der Waals surface area contributed by atoms with Crippen LogP contribution < -0.4 is 5.48 Å². The molecule has 0 fully saturated rings. The summed E-state index contributed by atoms with van der Waals surface area (Å²) in [5.74, 6) is -0.130. The van der Waals surface area contributed by atoms with Gasteiger partial charge in [0.05, 0.1) is 16.3 Å². The Labute approximate surface area is 96.3 Å². The maximum atomic E-state index is 11.5. The van der Waals surface area contributed by atoms with E-state index in [1.165, 1.54) is 11.3 Å². The van der Waals surface area contributed by atoms with Crippen LogP contribution in [0.2, 0.25) is 0 Å². The van der Waals surface area contributed by atoms with E-state index < -0.39 is 0 Å². The molecule has 0 aromatic carbocycles. The van der Waals surface area contributed by atoms with E-state index in [-0.39, 0.29) is 12.3 Å². The highest BCUT2D eigenvalue weighted by molar-refractivity contribution is 7.17. The van der Waals surface area contributed by atoms with Crippen LogP contribution in [0.5, 0.6) is 0 Å². The second-order valence-electron chi connectivity index (χ2n) is 3.30. The summed E-state index contributed by atoms with van der Waals surface area (Å²) in [4.78, 5) is 13.0. The van der Waals surface area contributed by atoms with Crippen molar-refractivity contribution >= 4 is 17.1 Å². The molecule has 0 atom stereocenters. The molecule has 0 aliphatic rings. The van der Waals surface area contributed by atoms with E-state index in [0.717, 1.165) is 10.6 Å². The van der Waals surface area contributed by atoms with Gasteiger partial charge in [0, 0.05) is 13.2 Å². The van der Waals surface area contributed by atoms with Crippen LogP contribution in [-0.2, 0) is 7.05 Å². The molecule has 0 aliphatic carbocycles. The van der Waals surface area contributed by atoms with Gasteiger partial charge in [0.1, 0.15) is 5.69 Å². The lowest BCUT2D eigenvalue weighted by atomic mass is 10.3. The maximum Gasteiger partial charge on any atom is 0.188 e. The number of aromatic nitrogens is 2. The Morgan fingerprint density at radius 2 is 2.38 bits per heavy atom. The van der Waals surface area contributed by atoms with Gasteiger partial charge in [0.25, 0.3) is 0 Å². The Kier molecular flexibility index (Phi) is 3.14. The van der Waals surface area contributed by atoms with Gasteiger partial charge in [-0.05, 0) is 18.2 Å². The minimum Gasteiger partial charge on any atom is -0.316 e.